The molecular weight excluding hydrogens is 206 g/mol. The molecule has 0 aliphatic heterocycles. The number of benzene rings is 2. The molecule has 2 aromatic rings. The fraction of sp³-hybridized carbons (Fsp3) is 0. The van der Waals surface area contributed by atoms with E-state index >= 15 is 0 Å². The predicted octanol–water partition coefficient (Wildman–Crippen LogP) is 3.61. The monoisotopic (exact) mass is 214 g/mol. The van der Waals surface area contributed by atoms with Gasteiger partial charge in [0.05, 0.1) is 0 Å². The van der Waals surface area contributed by atoms with Crippen LogP contribution in [0.25, 0.3) is 11.1 Å². The molecule has 0 saturated carbocycles. The third-order valence-corrected chi connectivity index (χ3v) is 2.30. The van der Waals surface area contributed by atoms with Gasteiger partial charge in [-0.3, -0.25) is 0 Å². The molecular formula is C14H8F2. The van der Waals surface area contributed by atoms with Crippen LogP contribution in [-0.4, -0.2) is 0 Å². The highest BCUT2D eigenvalue weighted by molar-refractivity contribution is 5.71. The second-order valence-corrected chi connectivity index (χ2v) is 3.31. The van der Waals surface area contributed by atoms with Crippen LogP contribution < -0.4 is 0 Å². The van der Waals surface area contributed by atoms with Crippen molar-refractivity contribution in [3.8, 4) is 23.5 Å². The lowest BCUT2D eigenvalue weighted by atomic mass is 9.99. The molecule has 2 aromatic carbocycles. The highest BCUT2D eigenvalue weighted by Gasteiger charge is 2.09. The molecule has 0 bridgehead atoms. The summed E-state index contributed by atoms with van der Waals surface area (Å²) in [5.41, 5.74) is 1.27. The van der Waals surface area contributed by atoms with Crippen molar-refractivity contribution in [1.29, 1.82) is 0 Å². The van der Waals surface area contributed by atoms with Crippen molar-refractivity contribution in [2.75, 3.05) is 0 Å². The van der Waals surface area contributed by atoms with Crippen LogP contribution in [0.1, 0.15) is 5.56 Å². The summed E-state index contributed by atoms with van der Waals surface area (Å²) in [4.78, 5) is 0. The largest absolute Gasteiger partial charge is 0.207 e. The van der Waals surface area contributed by atoms with Gasteiger partial charge in [0.25, 0.3) is 0 Å². The first kappa shape index (κ1) is 10.4. The Morgan fingerprint density at radius 3 is 2.44 bits per heavy atom. The number of hydrogen-bond acceptors (Lipinski definition) is 0. The molecule has 0 aromatic heterocycles. The van der Waals surface area contributed by atoms with Crippen molar-refractivity contribution >= 4 is 0 Å². The fourth-order valence-electron chi connectivity index (χ4n) is 1.55. The van der Waals surface area contributed by atoms with Gasteiger partial charge in [0.15, 0.2) is 0 Å². The standard InChI is InChI=1S/C14H8F2/c1-2-10-5-3-4-6-12(10)13-9-11(15)7-8-14(13)16/h1,3-9H. The van der Waals surface area contributed by atoms with Crippen molar-refractivity contribution in [3.05, 3.63) is 59.7 Å². The minimum Gasteiger partial charge on any atom is -0.207 e. The van der Waals surface area contributed by atoms with E-state index < -0.39 is 11.6 Å². The van der Waals surface area contributed by atoms with Gasteiger partial charge in [0.1, 0.15) is 11.6 Å². The number of rotatable bonds is 1. The molecule has 78 valence electrons. The predicted molar refractivity (Wildman–Crippen MR) is 59.7 cm³/mol. The van der Waals surface area contributed by atoms with Gasteiger partial charge in [-0.05, 0) is 24.3 Å². The molecule has 0 aliphatic rings. The lowest BCUT2D eigenvalue weighted by Gasteiger charge is -2.06. The van der Waals surface area contributed by atoms with E-state index in [1.807, 2.05) is 0 Å². The molecule has 2 rings (SSSR count). The van der Waals surface area contributed by atoms with E-state index in [0.717, 1.165) is 18.2 Å². The van der Waals surface area contributed by atoms with Gasteiger partial charge < -0.3 is 0 Å². The third-order valence-electron chi connectivity index (χ3n) is 2.30. The maximum atomic E-state index is 13.5. The Balaban J connectivity index is 2.68. The Kier molecular flexibility index (Phi) is 2.70. The average molecular weight is 214 g/mol. The Bertz CT molecular complexity index is 565. The smallest absolute Gasteiger partial charge is 0.131 e. The van der Waals surface area contributed by atoms with Crippen LogP contribution in [0.3, 0.4) is 0 Å². The molecule has 0 nitrogen and oxygen atoms in total. The average Bonchev–Trinajstić information content (AvgIpc) is 2.32. The van der Waals surface area contributed by atoms with E-state index in [2.05, 4.69) is 5.92 Å². The van der Waals surface area contributed by atoms with Gasteiger partial charge >= 0.3 is 0 Å². The van der Waals surface area contributed by atoms with E-state index in [9.17, 15) is 8.78 Å². The Labute approximate surface area is 92.5 Å². The van der Waals surface area contributed by atoms with Crippen molar-refractivity contribution in [2.24, 2.45) is 0 Å². The van der Waals surface area contributed by atoms with Gasteiger partial charge in [0.2, 0.25) is 0 Å². The van der Waals surface area contributed by atoms with Crippen LogP contribution in [0.2, 0.25) is 0 Å². The maximum absolute atomic E-state index is 13.5. The van der Waals surface area contributed by atoms with E-state index in [-0.39, 0.29) is 5.56 Å². The van der Waals surface area contributed by atoms with Crippen LogP contribution in [0.4, 0.5) is 8.78 Å². The molecule has 0 saturated heterocycles. The molecule has 0 aliphatic carbocycles. The zero-order valence-corrected chi connectivity index (χ0v) is 8.37. The van der Waals surface area contributed by atoms with Crippen LogP contribution in [0.5, 0.6) is 0 Å². The van der Waals surface area contributed by atoms with Crippen molar-refractivity contribution < 1.29 is 8.78 Å². The normalized spacial score (nSPS) is 9.81. The van der Waals surface area contributed by atoms with Crippen LogP contribution in [0.15, 0.2) is 42.5 Å². The van der Waals surface area contributed by atoms with E-state index in [1.54, 1.807) is 24.3 Å². The molecule has 0 amide bonds. The molecule has 0 radical (unpaired) electrons. The summed E-state index contributed by atoms with van der Waals surface area (Å²) in [6, 6.07) is 10.2. The minimum absolute atomic E-state index is 0.188. The topological polar surface area (TPSA) is 0 Å². The molecule has 0 N–H and O–H groups in total. The molecule has 0 unspecified atom stereocenters. The summed E-state index contributed by atoms with van der Waals surface area (Å²) in [5, 5.41) is 0. The highest BCUT2D eigenvalue weighted by atomic mass is 19.1. The third kappa shape index (κ3) is 1.80. The SMILES string of the molecule is C#Cc1ccccc1-c1cc(F)ccc1F. The molecule has 0 fully saturated rings. The quantitative estimate of drug-likeness (QED) is 0.636. The molecule has 16 heavy (non-hydrogen) atoms. The summed E-state index contributed by atoms with van der Waals surface area (Å²) in [5.74, 6) is 1.49. The van der Waals surface area contributed by atoms with Gasteiger partial charge in [-0.1, -0.05) is 24.1 Å². The Hall–Kier alpha value is -2.14. The summed E-state index contributed by atoms with van der Waals surface area (Å²) in [6.45, 7) is 0. The molecule has 2 heteroatoms. The first-order valence-corrected chi connectivity index (χ1v) is 4.73. The van der Waals surface area contributed by atoms with Gasteiger partial charge in [0, 0.05) is 16.7 Å². The Morgan fingerprint density at radius 1 is 0.938 bits per heavy atom. The lowest BCUT2D eigenvalue weighted by Crippen LogP contribution is -1.89. The van der Waals surface area contributed by atoms with E-state index in [0.29, 0.717) is 11.1 Å². The molecule has 0 heterocycles. The van der Waals surface area contributed by atoms with E-state index in [4.69, 9.17) is 6.42 Å². The van der Waals surface area contributed by atoms with Crippen molar-refractivity contribution in [2.45, 2.75) is 0 Å². The highest BCUT2D eigenvalue weighted by Crippen LogP contribution is 2.26. The summed E-state index contributed by atoms with van der Waals surface area (Å²) < 4.78 is 26.6. The number of hydrogen-bond donors (Lipinski definition) is 0. The number of halogens is 2. The minimum atomic E-state index is -0.483. The number of terminal acetylenes is 1. The van der Waals surface area contributed by atoms with Crippen molar-refractivity contribution in [3.63, 3.8) is 0 Å². The summed E-state index contributed by atoms with van der Waals surface area (Å²) in [7, 11) is 0. The van der Waals surface area contributed by atoms with Crippen LogP contribution in [0, 0.1) is 24.0 Å². The van der Waals surface area contributed by atoms with Gasteiger partial charge in [-0.2, -0.15) is 0 Å². The molecule has 0 spiro atoms. The second-order valence-electron chi connectivity index (χ2n) is 3.31. The van der Waals surface area contributed by atoms with Gasteiger partial charge in [-0.25, -0.2) is 8.78 Å². The van der Waals surface area contributed by atoms with Crippen molar-refractivity contribution in [1.82, 2.24) is 0 Å². The Morgan fingerprint density at radius 2 is 1.69 bits per heavy atom. The van der Waals surface area contributed by atoms with Crippen LogP contribution in [-0.2, 0) is 0 Å². The summed E-state index contributed by atoms with van der Waals surface area (Å²) in [6.07, 6.45) is 5.31. The first-order valence-electron chi connectivity index (χ1n) is 4.73. The second kappa shape index (κ2) is 4.16. The maximum Gasteiger partial charge on any atom is 0.131 e. The van der Waals surface area contributed by atoms with E-state index in [1.165, 1.54) is 0 Å². The van der Waals surface area contributed by atoms with Gasteiger partial charge in [-0.15, -0.1) is 6.42 Å². The van der Waals surface area contributed by atoms with Crippen LogP contribution >= 0.6 is 0 Å². The fourth-order valence-corrected chi connectivity index (χ4v) is 1.55. The lowest BCUT2D eigenvalue weighted by molar-refractivity contribution is 0.603. The first-order chi connectivity index (χ1) is 7.72. The molecule has 0 atom stereocenters. The summed E-state index contributed by atoms with van der Waals surface area (Å²) >= 11 is 0. The zero-order chi connectivity index (χ0) is 11.5. The zero-order valence-electron chi connectivity index (χ0n) is 8.37.